The van der Waals surface area contributed by atoms with Gasteiger partial charge in [-0.1, -0.05) is 5.67 Å². The van der Waals surface area contributed by atoms with Crippen LogP contribution in [0.5, 0.6) is 0 Å². The van der Waals surface area contributed by atoms with Crippen molar-refractivity contribution in [1.29, 1.82) is 0 Å². The molecule has 1 saturated heterocycles. The van der Waals surface area contributed by atoms with E-state index in [4.69, 9.17) is 0 Å². The first kappa shape index (κ1) is 7.00. The van der Waals surface area contributed by atoms with Crippen LogP contribution in [0, 0.1) is 0 Å². The standard InChI is InChI=1S/C7H15NSi/c1-3-9(2)8-6-4-5-7-8/h3H,4-7H2,1-2H3. The molecule has 0 unspecified atom stereocenters. The number of rotatable bonds is 1. The second kappa shape index (κ2) is 3.16. The molecule has 0 aromatic rings. The first-order chi connectivity index (χ1) is 4.34. The quantitative estimate of drug-likeness (QED) is 0.494. The molecule has 2 heteroatoms. The fraction of sp³-hybridized carbons (Fsp3) is 0.857. The summed E-state index contributed by atoms with van der Waals surface area (Å²) in [6, 6.07) is 0. The van der Waals surface area contributed by atoms with E-state index in [9.17, 15) is 0 Å². The Morgan fingerprint density at radius 2 is 1.89 bits per heavy atom. The Hall–Kier alpha value is -0.113. The maximum atomic E-state index is 2.63. The number of hydrogen-bond donors (Lipinski definition) is 0. The molecular formula is C7H15NSi. The van der Waals surface area contributed by atoms with E-state index in [0.29, 0.717) is 0 Å². The van der Waals surface area contributed by atoms with Crippen LogP contribution in [0.3, 0.4) is 0 Å². The summed E-state index contributed by atoms with van der Waals surface area (Å²) >= 11 is 0. The zero-order valence-electron chi connectivity index (χ0n) is 6.35. The lowest BCUT2D eigenvalue weighted by Gasteiger charge is -2.16. The van der Waals surface area contributed by atoms with Gasteiger partial charge in [0.15, 0.2) is 0 Å². The third-order valence-corrected chi connectivity index (χ3v) is 4.30. The van der Waals surface area contributed by atoms with Gasteiger partial charge in [0.2, 0.25) is 0 Å². The third kappa shape index (κ3) is 1.65. The highest BCUT2D eigenvalue weighted by molar-refractivity contribution is 6.61. The van der Waals surface area contributed by atoms with Gasteiger partial charge in [0.25, 0.3) is 0 Å². The molecule has 0 N–H and O–H groups in total. The summed E-state index contributed by atoms with van der Waals surface area (Å²) in [7, 11) is -0.198. The van der Waals surface area contributed by atoms with Crippen molar-refractivity contribution in [2.45, 2.75) is 26.3 Å². The molecule has 0 bridgehead atoms. The number of hydrogen-bond acceptors (Lipinski definition) is 1. The summed E-state index contributed by atoms with van der Waals surface area (Å²) in [6.07, 6.45) is 2.85. The monoisotopic (exact) mass is 141 g/mol. The highest BCUT2D eigenvalue weighted by Gasteiger charge is 2.10. The molecule has 9 heavy (non-hydrogen) atoms. The summed E-state index contributed by atoms with van der Waals surface area (Å²) in [4.78, 5) is 0. The van der Waals surface area contributed by atoms with Crippen molar-refractivity contribution in [2.24, 2.45) is 0 Å². The second-order valence-corrected chi connectivity index (χ2v) is 5.12. The Labute approximate surface area is 59.0 Å². The highest BCUT2D eigenvalue weighted by atomic mass is 28.2. The van der Waals surface area contributed by atoms with Gasteiger partial charge in [-0.3, -0.25) is 0 Å². The van der Waals surface area contributed by atoms with Crippen molar-refractivity contribution in [3.05, 3.63) is 0 Å². The summed E-state index contributed by atoms with van der Waals surface area (Å²) < 4.78 is 2.63. The molecule has 0 radical (unpaired) electrons. The van der Waals surface area contributed by atoms with Crippen LogP contribution in [-0.2, 0) is 0 Å². The highest BCUT2D eigenvalue weighted by Crippen LogP contribution is 2.05. The van der Waals surface area contributed by atoms with E-state index in [1.165, 1.54) is 25.9 Å². The zero-order valence-corrected chi connectivity index (χ0v) is 7.35. The van der Waals surface area contributed by atoms with E-state index in [1.807, 2.05) is 0 Å². The van der Waals surface area contributed by atoms with E-state index < -0.39 is 0 Å². The molecular weight excluding hydrogens is 126 g/mol. The summed E-state index contributed by atoms with van der Waals surface area (Å²) in [5, 5.41) is 0. The van der Waals surface area contributed by atoms with Gasteiger partial charge >= 0.3 is 0 Å². The Kier molecular flexibility index (Phi) is 2.45. The van der Waals surface area contributed by atoms with Crippen LogP contribution in [0.1, 0.15) is 19.8 Å². The predicted octanol–water partition coefficient (Wildman–Crippen LogP) is 1.11. The Morgan fingerprint density at radius 3 is 2.33 bits per heavy atom. The molecule has 0 aromatic carbocycles. The van der Waals surface area contributed by atoms with E-state index in [1.54, 1.807) is 0 Å². The molecule has 1 heterocycles. The Morgan fingerprint density at radius 1 is 1.33 bits per heavy atom. The van der Waals surface area contributed by atoms with Gasteiger partial charge in [-0.25, -0.2) is 0 Å². The average Bonchev–Trinajstić information content (AvgIpc) is 2.37. The van der Waals surface area contributed by atoms with Gasteiger partial charge in [-0.05, 0) is 26.3 Å². The van der Waals surface area contributed by atoms with E-state index >= 15 is 0 Å². The van der Waals surface area contributed by atoms with Crippen LogP contribution in [0.4, 0.5) is 0 Å². The lowest BCUT2D eigenvalue weighted by Crippen LogP contribution is -2.28. The molecule has 0 aromatic heterocycles. The topological polar surface area (TPSA) is 3.24 Å². The second-order valence-electron chi connectivity index (χ2n) is 2.62. The Balaban J connectivity index is 2.42. The molecule has 0 atom stereocenters. The van der Waals surface area contributed by atoms with Crippen LogP contribution in [0.2, 0.25) is 6.55 Å². The summed E-state index contributed by atoms with van der Waals surface area (Å²) in [5.74, 6) is 0. The molecule has 1 nitrogen and oxygen atoms in total. The first-order valence-electron chi connectivity index (χ1n) is 3.72. The lowest BCUT2D eigenvalue weighted by molar-refractivity contribution is 0.550. The van der Waals surface area contributed by atoms with Crippen molar-refractivity contribution in [2.75, 3.05) is 13.1 Å². The van der Waals surface area contributed by atoms with Crippen LogP contribution in [-0.4, -0.2) is 31.9 Å². The van der Waals surface area contributed by atoms with Crippen molar-refractivity contribution in [3.8, 4) is 0 Å². The van der Waals surface area contributed by atoms with Crippen molar-refractivity contribution >= 4 is 14.2 Å². The van der Waals surface area contributed by atoms with Crippen molar-refractivity contribution in [3.63, 3.8) is 0 Å². The fourth-order valence-corrected chi connectivity index (χ4v) is 2.64. The SMILES string of the molecule is CC=[Si](C)N1CCCC1. The molecule has 0 aliphatic carbocycles. The van der Waals surface area contributed by atoms with E-state index in [2.05, 4.69) is 23.7 Å². The summed E-state index contributed by atoms with van der Waals surface area (Å²) in [6.45, 7) is 7.27. The van der Waals surface area contributed by atoms with Gasteiger partial charge in [0, 0.05) is 13.1 Å². The van der Waals surface area contributed by atoms with Gasteiger partial charge in [0.05, 0.1) is 0 Å². The predicted molar refractivity (Wildman–Crippen MR) is 44.2 cm³/mol. The van der Waals surface area contributed by atoms with E-state index in [-0.39, 0.29) is 8.57 Å². The Bertz CT molecular complexity index is 114. The molecule has 52 valence electrons. The van der Waals surface area contributed by atoms with Crippen LogP contribution < -0.4 is 0 Å². The smallest absolute Gasteiger partial charge is 0.116 e. The minimum Gasteiger partial charge on any atom is -0.408 e. The molecule has 1 fully saturated rings. The molecule has 0 amide bonds. The van der Waals surface area contributed by atoms with E-state index in [0.717, 1.165) is 0 Å². The zero-order chi connectivity index (χ0) is 6.69. The average molecular weight is 141 g/mol. The third-order valence-electron chi connectivity index (χ3n) is 2.02. The lowest BCUT2D eigenvalue weighted by atomic mass is 10.4. The van der Waals surface area contributed by atoms with Crippen molar-refractivity contribution in [1.82, 2.24) is 4.57 Å². The van der Waals surface area contributed by atoms with Crippen molar-refractivity contribution < 1.29 is 0 Å². The molecule has 0 saturated carbocycles. The molecule has 1 aliphatic rings. The molecule has 1 aliphatic heterocycles. The first-order valence-corrected chi connectivity index (χ1v) is 5.75. The van der Waals surface area contributed by atoms with Gasteiger partial charge < -0.3 is 4.57 Å². The normalized spacial score (nSPS) is 21.1. The minimum atomic E-state index is -0.198. The summed E-state index contributed by atoms with van der Waals surface area (Å²) in [5.41, 5.74) is 2.37. The maximum absolute atomic E-state index is 2.63. The van der Waals surface area contributed by atoms with Gasteiger partial charge in [-0.2, -0.15) is 0 Å². The minimum absolute atomic E-state index is 0.198. The maximum Gasteiger partial charge on any atom is 0.116 e. The largest absolute Gasteiger partial charge is 0.408 e. The van der Waals surface area contributed by atoms with Gasteiger partial charge in [-0.15, -0.1) is 0 Å². The molecule has 1 rings (SSSR count). The van der Waals surface area contributed by atoms with Gasteiger partial charge in [0.1, 0.15) is 8.57 Å². The molecule has 0 spiro atoms. The number of nitrogens with zero attached hydrogens (tertiary/aromatic N) is 1. The van der Waals surface area contributed by atoms with Crippen LogP contribution in [0.25, 0.3) is 0 Å². The fourth-order valence-electron chi connectivity index (χ4n) is 1.25. The van der Waals surface area contributed by atoms with Crippen LogP contribution in [0.15, 0.2) is 0 Å². The van der Waals surface area contributed by atoms with Crippen LogP contribution >= 0.6 is 0 Å².